The molecule has 3 rings (SSSR count). The molecule has 0 aromatic carbocycles. The third-order valence-corrected chi connectivity index (χ3v) is 1.68. The smallest absolute Gasteiger partial charge is 0.116 e. The molecule has 0 amide bonds. The van der Waals surface area contributed by atoms with Crippen LogP contribution in [0.25, 0.3) is 11.0 Å². The molecule has 0 atom stereocenters. The van der Waals surface area contributed by atoms with E-state index in [-0.39, 0.29) is 0 Å². The van der Waals surface area contributed by atoms with Gasteiger partial charge in [-0.2, -0.15) is 5.10 Å². The fourth-order valence-corrected chi connectivity index (χ4v) is 1.00. The normalized spacial score (nSPS) is 9.33. The predicted octanol–water partition coefficient (Wildman–Crippen LogP) is 1.43. The lowest BCUT2D eigenvalue weighted by Gasteiger charge is -1.80. The number of fused-ring (bicyclic) bond motifs is 1. The summed E-state index contributed by atoms with van der Waals surface area (Å²) in [5.41, 5.74) is 1.72. The Morgan fingerprint density at radius 1 is 0.933 bits per heavy atom. The Morgan fingerprint density at radius 2 is 1.80 bits per heavy atom. The molecule has 0 radical (unpaired) electrons. The molecule has 0 saturated heterocycles. The first kappa shape index (κ1) is 9.26. The summed E-state index contributed by atoms with van der Waals surface area (Å²) in [4.78, 5) is 11.5. The van der Waals surface area contributed by atoms with Crippen LogP contribution in [0.4, 0.5) is 0 Å². The van der Waals surface area contributed by atoms with Gasteiger partial charge in [0.25, 0.3) is 0 Å². The molecular formula is C10H9N5. The minimum atomic E-state index is 0.852. The van der Waals surface area contributed by atoms with Crippen LogP contribution in [-0.2, 0) is 0 Å². The standard InChI is InChI=1S/C5H4N4.C5H5N/c1-5-4(2-8-9-5)7-3-6-1;1-2-4-6-5-3-1/h1-3H,(H,8,9);1-5H. The van der Waals surface area contributed by atoms with Crippen LogP contribution in [0.1, 0.15) is 0 Å². The molecule has 0 unspecified atom stereocenters. The van der Waals surface area contributed by atoms with E-state index in [0.717, 1.165) is 11.0 Å². The zero-order valence-electron chi connectivity index (χ0n) is 7.91. The molecule has 0 aliphatic heterocycles. The maximum atomic E-state index is 3.94. The van der Waals surface area contributed by atoms with Crippen LogP contribution in [0.15, 0.2) is 49.3 Å². The Kier molecular flexibility index (Phi) is 2.97. The molecule has 3 heterocycles. The lowest BCUT2D eigenvalue weighted by atomic mass is 10.5. The molecule has 0 aliphatic carbocycles. The van der Waals surface area contributed by atoms with E-state index in [1.807, 2.05) is 18.2 Å². The molecule has 5 heteroatoms. The van der Waals surface area contributed by atoms with E-state index in [1.165, 1.54) is 6.33 Å². The van der Waals surface area contributed by atoms with Gasteiger partial charge in [-0.25, -0.2) is 9.97 Å². The van der Waals surface area contributed by atoms with Crippen molar-refractivity contribution in [2.45, 2.75) is 0 Å². The maximum absolute atomic E-state index is 3.94. The van der Waals surface area contributed by atoms with Crippen molar-refractivity contribution in [3.8, 4) is 0 Å². The second-order valence-corrected chi connectivity index (χ2v) is 2.72. The second-order valence-electron chi connectivity index (χ2n) is 2.72. The van der Waals surface area contributed by atoms with Gasteiger partial charge in [-0.15, -0.1) is 0 Å². The van der Waals surface area contributed by atoms with E-state index in [4.69, 9.17) is 0 Å². The Bertz CT molecular complexity index is 448. The van der Waals surface area contributed by atoms with Crippen LogP contribution in [-0.4, -0.2) is 25.1 Å². The number of aromatic nitrogens is 5. The first-order chi connectivity index (χ1) is 7.47. The van der Waals surface area contributed by atoms with E-state index >= 15 is 0 Å². The minimum absolute atomic E-state index is 0.852. The number of rotatable bonds is 0. The predicted molar refractivity (Wildman–Crippen MR) is 55.9 cm³/mol. The minimum Gasteiger partial charge on any atom is -0.275 e. The Labute approximate surface area is 86.2 Å². The summed E-state index contributed by atoms with van der Waals surface area (Å²) in [7, 11) is 0. The van der Waals surface area contributed by atoms with Gasteiger partial charge in [0, 0.05) is 12.4 Å². The molecule has 0 bridgehead atoms. The van der Waals surface area contributed by atoms with Crippen LogP contribution in [0, 0.1) is 0 Å². The van der Waals surface area contributed by atoms with Crippen molar-refractivity contribution in [2.75, 3.05) is 0 Å². The van der Waals surface area contributed by atoms with Crippen molar-refractivity contribution in [1.82, 2.24) is 25.1 Å². The molecule has 0 aliphatic rings. The van der Waals surface area contributed by atoms with Gasteiger partial charge in [-0.3, -0.25) is 10.1 Å². The number of hydrogen-bond donors (Lipinski definition) is 1. The van der Waals surface area contributed by atoms with Crippen molar-refractivity contribution >= 4 is 11.0 Å². The summed E-state index contributed by atoms with van der Waals surface area (Å²) in [6, 6.07) is 5.72. The summed E-state index contributed by atoms with van der Waals surface area (Å²) in [6.45, 7) is 0. The summed E-state index contributed by atoms with van der Waals surface area (Å²) < 4.78 is 0. The van der Waals surface area contributed by atoms with Gasteiger partial charge >= 0.3 is 0 Å². The fourth-order valence-electron chi connectivity index (χ4n) is 1.00. The van der Waals surface area contributed by atoms with Crippen molar-refractivity contribution in [1.29, 1.82) is 0 Å². The van der Waals surface area contributed by atoms with Gasteiger partial charge in [0.1, 0.15) is 17.4 Å². The summed E-state index contributed by atoms with van der Waals surface area (Å²) in [6.07, 6.45) is 8.35. The molecule has 0 fully saturated rings. The topological polar surface area (TPSA) is 67.3 Å². The third-order valence-electron chi connectivity index (χ3n) is 1.68. The van der Waals surface area contributed by atoms with E-state index < -0.39 is 0 Å². The highest BCUT2D eigenvalue weighted by Crippen LogP contribution is 2.00. The first-order valence-corrected chi connectivity index (χ1v) is 4.41. The molecular weight excluding hydrogens is 190 g/mol. The average molecular weight is 199 g/mol. The van der Waals surface area contributed by atoms with Crippen LogP contribution in [0.2, 0.25) is 0 Å². The molecule has 15 heavy (non-hydrogen) atoms. The van der Waals surface area contributed by atoms with Crippen molar-refractivity contribution in [2.24, 2.45) is 0 Å². The lowest BCUT2D eigenvalue weighted by Crippen LogP contribution is -1.74. The number of hydrogen-bond acceptors (Lipinski definition) is 4. The van der Waals surface area contributed by atoms with E-state index in [9.17, 15) is 0 Å². The molecule has 1 N–H and O–H groups in total. The van der Waals surface area contributed by atoms with E-state index in [2.05, 4.69) is 25.1 Å². The number of aromatic amines is 1. The average Bonchev–Trinajstić information content (AvgIpc) is 2.80. The van der Waals surface area contributed by atoms with Crippen molar-refractivity contribution in [3.63, 3.8) is 0 Å². The van der Waals surface area contributed by atoms with E-state index in [0.29, 0.717) is 0 Å². The Hall–Kier alpha value is -2.30. The fraction of sp³-hybridized carbons (Fsp3) is 0. The molecule has 3 aromatic heterocycles. The van der Waals surface area contributed by atoms with Crippen LogP contribution in [0.5, 0.6) is 0 Å². The van der Waals surface area contributed by atoms with Gasteiger partial charge < -0.3 is 0 Å². The monoisotopic (exact) mass is 199 g/mol. The quantitative estimate of drug-likeness (QED) is 0.594. The summed E-state index contributed by atoms with van der Waals surface area (Å²) in [5.74, 6) is 0. The number of nitrogens with zero attached hydrogens (tertiary/aromatic N) is 4. The summed E-state index contributed by atoms with van der Waals surface area (Å²) in [5, 5.41) is 6.52. The van der Waals surface area contributed by atoms with Gasteiger partial charge in [-0.05, 0) is 12.1 Å². The van der Waals surface area contributed by atoms with E-state index in [1.54, 1.807) is 24.8 Å². The zero-order chi connectivity index (χ0) is 10.3. The van der Waals surface area contributed by atoms with Crippen molar-refractivity contribution < 1.29 is 0 Å². The third kappa shape index (κ3) is 2.57. The van der Waals surface area contributed by atoms with Gasteiger partial charge in [0.05, 0.1) is 12.4 Å². The molecule has 0 saturated carbocycles. The molecule has 0 spiro atoms. The molecule has 74 valence electrons. The van der Waals surface area contributed by atoms with Gasteiger partial charge in [0.2, 0.25) is 0 Å². The van der Waals surface area contributed by atoms with Crippen LogP contribution < -0.4 is 0 Å². The van der Waals surface area contributed by atoms with Crippen LogP contribution >= 0.6 is 0 Å². The zero-order valence-corrected chi connectivity index (χ0v) is 7.91. The van der Waals surface area contributed by atoms with Crippen molar-refractivity contribution in [3.05, 3.63) is 49.3 Å². The number of pyridine rings is 1. The highest BCUT2D eigenvalue weighted by molar-refractivity contribution is 5.71. The maximum Gasteiger partial charge on any atom is 0.116 e. The van der Waals surface area contributed by atoms with Gasteiger partial charge in [0.15, 0.2) is 0 Å². The SMILES string of the molecule is c1ccncc1.c1ncc2[nH]ncc2n1. The number of H-pyrrole nitrogens is 1. The molecule has 5 nitrogen and oxygen atoms in total. The highest BCUT2D eigenvalue weighted by Gasteiger charge is 1.90. The lowest BCUT2D eigenvalue weighted by molar-refractivity contribution is 1.11. The number of nitrogens with one attached hydrogen (secondary N) is 1. The van der Waals surface area contributed by atoms with Crippen LogP contribution in [0.3, 0.4) is 0 Å². The highest BCUT2D eigenvalue weighted by atomic mass is 15.1. The van der Waals surface area contributed by atoms with Gasteiger partial charge in [-0.1, -0.05) is 6.07 Å². The Morgan fingerprint density at radius 3 is 2.40 bits per heavy atom. The summed E-state index contributed by atoms with van der Waals surface area (Å²) >= 11 is 0. The Balaban J connectivity index is 0.000000124. The first-order valence-electron chi connectivity index (χ1n) is 4.41. The largest absolute Gasteiger partial charge is 0.275 e. The molecule has 3 aromatic rings. The second kappa shape index (κ2) is 4.80.